The molecule has 0 aromatic heterocycles. The Balaban J connectivity index is 1.90. The van der Waals surface area contributed by atoms with Gasteiger partial charge in [-0.25, -0.2) is 8.78 Å². The zero-order valence-corrected chi connectivity index (χ0v) is 12.2. The van der Waals surface area contributed by atoms with Crippen molar-refractivity contribution in [3.8, 4) is 16.9 Å². The predicted molar refractivity (Wildman–Crippen MR) is 79.9 cm³/mol. The van der Waals surface area contributed by atoms with Gasteiger partial charge in [0.2, 0.25) is 5.92 Å². The SMILES string of the molecule is CC(F)(F)CC1Cc2cc(-c3ccccc3)ccc2OC1=O. The molecule has 0 amide bonds. The number of halogens is 2. The summed E-state index contributed by atoms with van der Waals surface area (Å²) in [7, 11) is 0. The first-order valence-corrected chi connectivity index (χ1v) is 7.20. The molecule has 0 radical (unpaired) electrons. The number of benzene rings is 2. The highest BCUT2D eigenvalue weighted by atomic mass is 19.3. The Labute approximate surface area is 127 Å². The lowest BCUT2D eigenvalue weighted by atomic mass is 9.89. The topological polar surface area (TPSA) is 26.3 Å². The van der Waals surface area contributed by atoms with Crippen LogP contribution in [-0.2, 0) is 11.2 Å². The molecule has 1 heterocycles. The maximum absolute atomic E-state index is 13.2. The Hall–Kier alpha value is -2.23. The number of ether oxygens (including phenoxy) is 1. The van der Waals surface area contributed by atoms with Gasteiger partial charge in [-0.1, -0.05) is 36.4 Å². The number of alkyl halides is 2. The summed E-state index contributed by atoms with van der Waals surface area (Å²) in [5.74, 6) is -3.77. The van der Waals surface area contributed by atoms with Gasteiger partial charge in [0.15, 0.2) is 0 Å². The Morgan fingerprint density at radius 2 is 1.86 bits per heavy atom. The zero-order valence-electron chi connectivity index (χ0n) is 12.2. The minimum atomic E-state index is -2.88. The van der Waals surface area contributed by atoms with Crippen LogP contribution in [0.5, 0.6) is 5.75 Å². The number of fused-ring (bicyclic) bond motifs is 1. The lowest BCUT2D eigenvalue weighted by Crippen LogP contribution is -2.32. The molecule has 0 fully saturated rings. The van der Waals surface area contributed by atoms with Crippen LogP contribution in [0, 0.1) is 5.92 Å². The van der Waals surface area contributed by atoms with E-state index < -0.39 is 24.2 Å². The van der Waals surface area contributed by atoms with E-state index in [1.807, 2.05) is 42.5 Å². The van der Waals surface area contributed by atoms with Gasteiger partial charge in [0.25, 0.3) is 0 Å². The Morgan fingerprint density at radius 3 is 2.55 bits per heavy atom. The third-order valence-corrected chi connectivity index (χ3v) is 3.78. The minimum absolute atomic E-state index is 0.290. The van der Waals surface area contributed by atoms with Crippen molar-refractivity contribution in [1.82, 2.24) is 0 Å². The smallest absolute Gasteiger partial charge is 0.314 e. The third kappa shape index (κ3) is 3.16. The molecule has 22 heavy (non-hydrogen) atoms. The molecule has 1 aliphatic heterocycles. The molecule has 0 saturated carbocycles. The van der Waals surface area contributed by atoms with Crippen molar-refractivity contribution in [2.75, 3.05) is 0 Å². The van der Waals surface area contributed by atoms with Gasteiger partial charge in [0.05, 0.1) is 5.92 Å². The molecular formula is C18H16F2O2. The molecule has 114 valence electrons. The second-order valence-electron chi connectivity index (χ2n) is 5.79. The van der Waals surface area contributed by atoms with Crippen molar-refractivity contribution >= 4 is 5.97 Å². The van der Waals surface area contributed by atoms with E-state index in [4.69, 9.17) is 4.74 Å². The van der Waals surface area contributed by atoms with Crippen molar-refractivity contribution in [3.05, 3.63) is 54.1 Å². The van der Waals surface area contributed by atoms with Crippen molar-refractivity contribution < 1.29 is 18.3 Å². The third-order valence-electron chi connectivity index (χ3n) is 3.78. The summed E-state index contributed by atoms with van der Waals surface area (Å²) in [6.07, 6.45) is -0.195. The first-order valence-electron chi connectivity index (χ1n) is 7.20. The van der Waals surface area contributed by atoms with E-state index in [0.717, 1.165) is 23.6 Å². The quantitative estimate of drug-likeness (QED) is 0.617. The molecule has 2 nitrogen and oxygen atoms in total. The van der Waals surface area contributed by atoms with Crippen LogP contribution in [0.2, 0.25) is 0 Å². The molecular weight excluding hydrogens is 286 g/mol. The molecule has 1 unspecified atom stereocenters. The molecule has 3 rings (SSSR count). The average Bonchev–Trinajstić information content (AvgIpc) is 2.47. The highest BCUT2D eigenvalue weighted by Crippen LogP contribution is 2.35. The van der Waals surface area contributed by atoms with Gasteiger partial charge in [-0.2, -0.15) is 0 Å². The van der Waals surface area contributed by atoms with E-state index in [1.165, 1.54) is 0 Å². The summed E-state index contributed by atoms with van der Waals surface area (Å²) in [6.45, 7) is 0.830. The second kappa shape index (κ2) is 5.52. The van der Waals surface area contributed by atoms with Gasteiger partial charge in [0.1, 0.15) is 5.75 Å². The molecule has 2 aromatic carbocycles. The lowest BCUT2D eigenvalue weighted by molar-refractivity contribution is -0.143. The molecule has 1 atom stereocenters. The van der Waals surface area contributed by atoms with E-state index in [2.05, 4.69) is 0 Å². The van der Waals surface area contributed by atoms with Crippen LogP contribution in [-0.4, -0.2) is 11.9 Å². The Morgan fingerprint density at radius 1 is 1.14 bits per heavy atom. The van der Waals surface area contributed by atoms with Gasteiger partial charge in [-0.05, 0) is 42.2 Å². The van der Waals surface area contributed by atoms with E-state index >= 15 is 0 Å². The molecule has 0 aliphatic carbocycles. The Bertz CT molecular complexity index is 690. The highest BCUT2D eigenvalue weighted by molar-refractivity contribution is 5.79. The van der Waals surface area contributed by atoms with E-state index in [0.29, 0.717) is 5.75 Å². The summed E-state index contributed by atoms with van der Waals surface area (Å²) in [5.41, 5.74) is 2.83. The van der Waals surface area contributed by atoms with Gasteiger partial charge in [0, 0.05) is 6.42 Å². The fourth-order valence-corrected chi connectivity index (χ4v) is 2.78. The number of hydrogen-bond acceptors (Lipinski definition) is 2. The zero-order chi connectivity index (χ0) is 15.7. The first-order chi connectivity index (χ1) is 10.4. The highest BCUT2D eigenvalue weighted by Gasteiger charge is 2.35. The van der Waals surface area contributed by atoms with E-state index in [-0.39, 0.29) is 6.42 Å². The summed E-state index contributed by atoms with van der Waals surface area (Å²) < 4.78 is 31.6. The fraction of sp³-hybridized carbons (Fsp3) is 0.278. The van der Waals surface area contributed by atoms with Gasteiger partial charge in [-0.15, -0.1) is 0 Å². The molecule has 0 spiro atoms. The first kappa shape index (κ1) is 14.7. The van der Waals surface area contributed by atoms with E-state index in [9.17, 15) is 13.6 Å². The molecule has 4 heteroatoms. The van der Waals surface area contributed by atoms with Crippen molar-refractivity contribution in [2.24, 2.45) is 5.92 Å². The molecule has 1 aliphatic rings. The predicted octanol–water partition coefficient (Wildman–Crippen LogP) is 4.48. The summed E-state index contributed by atoms with van der Waals surface area (Å²) in [5, 5.41) is 0. The fourth-order valence-electron chi connectivity index (χ4n) is 2.78. The van der Waals surface area contributed by atoms with Gasteiger partial charge >= 0.3 is 5.97 Å². The maximum Gasteiger partial charge on any atom is 0.314 e. The van der Waals surface area contributed by atoms with Crippen LogP contribution in [0.15, 0.2) is 48.5 Å². The molecule has 0 N–H and O–H groups in total. The van der Waals surface area contributed by atoms with Crippen LogP contribution >= 0.6 is 0 Å². The van der Waals surface area contributed by atoms with Crippen molar-refractivity contribution in [3.63, 3.8) is 0 Å². The van der Waals surface area contributed by atoms with Gasteiger partial charge < -0.3 is 4.74 Å². The maximum atomic E-state index is 13.2. The number of hydrogen-bond donors (Lipinski definition) is 0. The summed E-state index contributed by atoms with van der Waals surface area (Å²) in [6, 6.07) is 15.3. The molecule has 0 bridgehead atoms. The second-order valence-corrected chi connectivity index (χ2v) is 5.79. The standard InChI is InChI=1S/C18H16F2O2/c1-18(19,20)11-15-10-14-9-13(12-5-3-2-4-6-12)7-8-16(14)22-17(15)21/h2-9,15H,10-11H2,1H3. The minimum Gasteiger partial charge on any atom is -0.426 e. The summed E-state index contributed by atoms with van der Waals surface area (Å²) >= 11 is 0. The monoisotopic (exact) mass is 302 g/mol. The summed E-state index contributed by atoms with van der Waals surface area (Å²) in [4.78, 5) is 11.8. The number of carbonyl (C=O) groups excluding carboxylic acids is 1. The van der Waals surface area contributed by atoms with Crippen molar-refractivity contribution in [2.45, 2.75) is 25.7 Å². The van der Waals surface area contributed by atoms with Gasteiger partial charge in [-0.3, -0.25) is 4.79 Å². The van der Waals surface area contributed by atoms with Crippen LogP contribution < -0.4 is 4.74 Å². The molecule has 2 aromatic rings. The average molecular weight is 302 g/mol. The normalized spacial score (nSPS) is 17.8. The lowest BCUT2D eigenvalue weighted by Gasteiger charge is -2.25. The number of carbonyl (C=O) groups is 1. The largest absolute Gasteiger partial charge is 0.426 e. The van der Waals surface area contributed by atoms with E-state index in [1.54, 1.807) is 6.07 Å². The van der Waals surface area contributed by atoms with Crippen LogP contribution in [0.1, 0.15) is 18.9 Å². The van der Waals surface area contributed by atoms with Crippen LogP contribution in [0.3, 0.4) is 0 Å². The van der Waals surface area contributed by atoms with Crippen molar-refractivity contribution in [1.29, 1.82) is 0 Å². The Kier molecular flexibility index (Phi) is 3.69. The molecule has 0 saturated heterocycles. The number of esters is 1. The van der Waals surface area contributed by atoms with Crippen LogP contribution in [0.25, 0.3) is 11.1 Å². The van der Waals surface area contributed by atoms with Crippen LogP contribution in [0.4, 0.5) is 8.78 Å². The number of rotatable bonds is 3.